The van der Waals surface area contributed by atoms with Crippen LogP contribution < -0.4 is 4.74 Å². The van der Waals surface area contributed by atoms with E-state index >= 15 is 0 Å². The Morgan fingerprint density at radius 3 is 2.83 bits per heavy atom. The Labute approximate surface area is 134 Å². The Bertz CT molecular complexity index is 814. The SMILES string of the molecule is CCOC(=O)c1cnc2cc(OC3CCS(=O)(=O)CC3)ccn12. The maximum absolute atomic E-state index is 11.8. The molecule has 7 nitrogen and oxygen atoms in total. The molecule has 0 atom stereocenters. The number of carbonyl (C=O) groups is 1. The number of sulfone groups is 1. The number of carbonyl (C=O) groups excluding carboxylic acids is 1. The van der Waals surface area contributed by atoms with E-state index in [2.05, 4.69) is 4.98 Å². The number of imidazole rings is 1. The topological polar surface area (TPSA) is 87.0 Å². The molecule has 0 bridgehead atoms. The Balaban J connectivity index is 1.75. The first kappa shape index (κ1) is 15.8. The van der Waals surface area contributed by atoms with Gasteiger partial charge >= 0.3 is 5.97 Å². The highest BCUT2D eigenvalue weighted by Crippen LogP contribution is 2.22. The number of pyridine rings is 1. The van der Waals surface area contributed by atoms with Gasteiger partial charge in [0.15, 0.2) is 15.5 Å². The summed E-state index contributed by atoms with van der Waals surface area (Å²) in [5.74, 6) is 0.515. The molecule has 3 heterocycles. The van der Waals surface area contributed by atoms with Gasteiger partial charge in [-0.3, -0.25) is 4.40 Å². The summed E-state index contributed by atoms with van der Waals surface area (Å²) in [5, 5.41) is 0. The standard InChI is InChI=1S/C15H18N2O5S/c1-2-21-15(18)13-10-16-14-9-12(3-6-17(13)14)22-11-4-7-23(19,20)8-5-11/h3,6,9-11H,2,4-5,7-8H2,1H3. The van der Waals surface area contributed by atoms with Gasteiger partial charge in [-0.05, 0) is 25.8 Å². The van der Waals surface area contributed by atoms with Crippen LogP contribution in [0.15, 0.2) is 24.5 Å². The lowest BCUT2D eigenvalue weighted by atomic mass is 10.2. The lowest BCUT2D eigenvalue weighted by Gasteiger charge is -2.23. The molecule has 0 radical (unpaired) electrons. The minimum atomic E-state index is -2.90. The average molecular weight is 338 g/mol. The molecule has 3 rings (SSSR count). The van der Waals surface area contributed by atoms with Crippen LogP contribution >= 0.6 is 0 Å². The van der Waals surface area contributed by atoms with Crippen molar-refractivity contribution in [2.45, 2.75) is 25.9 Å². The van der Waals surface area contributed by atoms with Crippen LogP contribution in [0.3, 0.4) is 0 Å². The van der Waals surface area contributed by atoms with E-state index in [9.17, 15) is 13.2 Å². The van der Waals surface area contributed by atoms with Crippen molar-refractivity contribution in [3.63, 3.8) is 0 Å². The van der Waals surface area contributed by atoms with Crippen LogP contribution in [0.1, 0.15) is 30.3 Å². The van der Waals surface area contributed by atoms with E-state index in [-0.39, 0.29) is 17.6 Å². The highest BCUT2D eigenvalue weighted by molar-refractivity contribution is 7.91. The van der Waals surface area contributed by atoms with E-state index in [1.807, 2.05) is 0 Å². The van der Waals surface area contributed by atoms with Gasteiger partial charge in [-0.1, -0.05) is 0 Å². The summed E-state index contributed by atoms with van der Waals surface area (Å²) >= 11 is 0. The second-order valence-electron chi connectivity index (χ2n) is 5.42. The van der Waals surface area contributed by atoms with Gasteiger partial charge in [-0.2, -0.15) is 0 Å². The molecule has 1 saturated heterocycles. The summed E-state index contributed by atoms with van der Waals surface area (Å²) < 4.78 is 35.3. The predicted octanol–water partition coefficient (Wildman–Crippen LogP) is 1.47. The number of hydrogen-bond acceptors (Lipinski definition) is 6. The second kappa shape index (κ2) is 6.19. The number of nitrogens with zero attached hydrogens (tertiary/aromatic N) is 2. The predicted molar refractivity (Wildman–Crippen MR) is 83.5 cm³/mol. The molecule has 0 unspecified atom stereocenters. The van der Waals surface area contributed by atoms with Crippen LogP contribution in [0.4, 0.5) is 0 Å². The first-order chi connectivity index (χ1) is 11.0. The van der Waals surface area contributed by atoms with Crippen molar-refractivity contribution in [1.82, 2.24) is 9.38 Å². The lowest BCUT2D eigenvalue weighted by molar-refractivity contribution is 0.0518. The molecule has 2 aromatic heterocycles. The zero-order chi connectivity index (χ0) is 16.4. The van der Waals surface area contributed by atoms with Crippen LogP contribution in [-0.4, -0.2) is 48.0 Å². The summed E-state index contributed by atoms with van der Waals surface area (Å²) in [6.07, 6.45) is 4.04. The molecule has 8 heteroatoms. The molecule has 1 aliphatic heterocycles. The van der Waals surface area contributed by atoms with Crippen LogP contribution in [0.2, 0.25) is 0 Å². The Morgan fingerprint density at radius 2 is 2.13 bits per heavy atom. The first-order valence-corrected chi connectivity index (χ1v) is 9.32. The molecule has 0 aromatic carbocycles. The van der Waals surface area contributed by atoms with Crippen LogP contribution in [0.25, 0.3) is 5.65 Å². The van der Waals surface area contributed by atoms with Gasteiger partial charge < -0.3 is 9.47 Å². The molecule has 0 N–H and O–H groups in total. The van der Waals surface area contributed by atoms with Crippen molar-refractivity contribution in [3.05, 3.63) is 30.2 Å². The number of ether oxygens (including phenoxy) is 2. The average Bonchev–Trinajstić information content (AvgIpc) is 2.93. The van der Waals surface area contributed by atoms with Crippen LogP contribution in [-0.2, 0) is 14.6 Å². The smallest absolute Gasteiger partial charge is 0.356 e. The van der Waals surface area contributed by atoms with Crippen molar-refractivity contribution >= 4 is 21.5 Å². The molecule has 0 aliphatic carbocycles. The van der Waals surface area contributed by atoms with Crippen LogP contribution in [0.5, 0.6) is 5.75 Å². The molecule has 0 saturated carbocycles. The van der Waals surface area contributed by atoms with Gasteiger partial charge in [-0.25, -0.2) is 18.2 Å². The minimum Gasteiger partial charge on any atom is -0.490 e. The number of hydrogen-bond donors (Lipinski definition) is 0. The van der Waals surface area contributed by atoms with Crippen molar-refractivity contribution < 1.29 is 22.7 Å². The van der Waals surface area contributed by atoms with Gasteiger partial charge in [0, 0.05) is 12.3 Å². The van der Waals surface area contributed by atoms with E-state index in [4.69, 9.17) is 9.47 Å². The number of esters is 1. The molecular weight excluding hydrogens is 320 g/mol. The van der Waals surface area contributed by atoms with Crippen LogP contribution in [0, 0.1) is 0 Å². The number of aromatic nitrogens is 2. The van der Waals surface area contributed by atoms with Crippen molar-refractivity contribution in [3.8, 4) is 5.75 Å². The zero-order valence-corrected chi connectivity index (χ0v) is 13.6. The molecule has 2 aromatic rings. The van der Waals surface area contributed by atoms with E-state index in [1.165, 1.54) is 6.20 Å². The quantitative estimate of drug-likeness (QED) is 0.785. The first-order valence-electron chi connectivity index (χ1n) is 7.50. The van der Waals surface area contributed by atoms with Gasteiger partial charge in [0.1, 0.15) is 17.5 Å². The lowest BCUT2D eigenvalue weighted by Crippen LogP contribution is -2.30. The third kappa shape index (κ3) is 3.47. The largest absolute Gasteiger partial charge is 0.490 e. The van der Waals surface area contributed by atoms with E-state index in [0.29, 0.717) is 36.5 Å². The summed E-state index contributed by atoms with van der Waals surface area (Å²) in [4.78, 5) is 16.0. The van der Waals surface area contributed by atoms with E-state index < -0.39 is 15.8 Å². The molecule has 1 aliphatic rings. The fourth-order valence-corrected chi connectivity index (χ4v) is 4.02. The normalized spacial score (nSPS) is 18.0. The van der Waals surface area contributed by atoms with Gasteiger partial charge in [0.25, 0.3) is 0 Å². The molecule has 124 valence electrons. The fraction of sp³-hybridized carbons (Fsp3) is 0.467. The molecule has 23 heavy (non-hydrogen) atoms. The highest BCUT2D eigenvalue weighted by Gasteiger charge is 2.25. The summed E-state index contributed by atoms with van der Waals surface area (Å²) in [5.41, 5.74) is 0.936. The Morgan fingerprint density at radius 1 is 1.39 bits per heavy atom. The number of fused-ring (bicyclic) bond motifs is 1. The van der Waals surface area contributed by atoms with E-state index in [1.54, 1.807) is 29.7 Å². The Kier molecular flexibility index (Phi) is 4.25. The molecule has 0 spiro atoms. The second-order valence-corrected chi connectivity index (χ2v) is 7.73. The summed E-state index contributed by atoms with van der Waals surface area (Å²) in [6, 6.07) is 3.46. The van der Waals surface area contributed by atoms with Gasteiger partial charge in [0.2, 0.25) is 0 Å². The fourth-order valence-electron chi connectivity index (χ4n) is 2.57. The maximum atomic E-state index is 11.8. The minimum absolute atomic E-state index is 0.111. The maximum Gasteiger partial charge on any atom is 0.356 e. The third-order valence-corrected chi connectivity index (χ3v) is 5.49. The zero-order valence-electron chi connectivity index (χ0n) is 12.8. The molecule has 0 amide bonds. The van der Waals surface area contributed by atoms with Gasteiger partial charge in [0.05, 0.1) is 24.3 Å². The monoisotopic (exact) mass is 338 g/mol. The molecule has 1 fully saturated rings. The van der Waals surface area contributed by atoms with Crippen molar-refractivity contribution in [2.75, 3.05) is 18.1 Å². The third-order valence-electron chi connectivity index (χ3n) is 3.77. The van der Waals surface area contributed by atoms with E-state index in [0.717, 1.165) is 0 Å². The Hall–Kier alpha value is -2.09. The summed E-state index contributed by atoms with van der Waals surface area (Å²) in [6.45, 7) is 2.05. The molecular formula is C15H18N2O5S. The van der Waals surface area contributed by atoms with Gasteiger partial charge in [-0.15, -0.1) is 0 Å². The van der Waals surface area contributed by atoms with Crippen molar-refractivity contribution in [1.29, 1.82) is 0 Å². The highest BCUT2D eigenvalue weighted by atomic mass is 32.2. The van der Waals surface area contributed by atoms with Crippen molar-refractivity contribution in [2.24, 2.45) is 0 Å². The summed E-state index contributed by atoms with van der Waals surface area (Å²) in [7, 11) is -2.90. The number of rotatable bonds is 4.